The first-order valence-electron chi connectivity index (χ1n) is 6.70. The Labute approximate surface area is 119 Å². The van der Waals surface area contributed by atoms with Gasteiger partial charge in [0.25, 0.3) is 0 Å². The van der Waals surface area contributed by atoms with Crippen molar-refractivity contribution in [3.63, 3.8) is 0 Å². The molecule has 5 heteroatoms. The van der Waals surface area contributed by atoms with Gasteiger partial charge in [0, 0.05) is 26.3 Å². The van der Waals surface area contributed by atoms with Gasteiger partial charge in [0.15, 0.2) is 5.82 Å². The third kappa shape index (κ3) is 4.20. The van der Waals surface area contributed by atoms with Gasteiger partial charge in [-0.05, 0) is 12.5 Å². The summed E-state index contributed by atoms with van der Waals surface area (Å²) in [4.78, 5) is 8.81. The van der Waals surface area contributed by atoms with Crippen LogP contribution < -0.4 is 10.6 Å². The molecule has 0 bridgehead atoms. The Balaban J connectivity index is 2.09. The molecule has 0 saturated heterocycles. The fraction of sp³-hybridized carbons (Fsp3) is 0.333. The Kier molecular flexibility index (Phi) is 5.32. The molecule has 20 heavy (non-hydrogen) atoms. The van der Waals surface area contributed by atoms with E-state index in [9.17, 15) is 0 Å². The van der Waals surface area contributed by atoms with Crippen LogP contribution in [-0.4, -0.2) is 23.6 Å². The first kappa shape index (κ1) is 14.3. The Morgan fingerprint density at radius 1 is 1.05 bits per heavy atom. The number of methoxy groups -OCH3 is 1. The average Bonchev–Trinajstić information content (AvgIpc) is 2.47. The highest BCUT2D eigenvalue weighted by molar-refractivity contribution is 5.47. The van der Waals surface area contributed by atoms with Crippen LogP contribution in [0.25, 0.3) is 0 Å². The van der Waals surface area contributed by atoms with Gasteiger partial charge in [-0.15, -0.1) is 0 Å². The number of aromatic nitrogens is 2. The summed E-state index contributed by atoms with van der Waals surface area (Å²) < 4.78 is 5.10. The van der Waals surface area contributed by atoms with Crippen LogP contribution in [-0.2, 0) is 17.9 Å². The van der Waals surface area contributed by atoms with Crippen molar-refractivity contribution in [1.82, 2.24) is 9.97 Å². The van der Waals surface area contributed by atoms with Crippen molar-refractivity contribution in [2.24, 2.45) is 0 Å². The zero-order valence-corrected chi connectivity index (χ0v) is 11.9. The lowest BCUT2D eigenvalue weighted by atomic mass is 10.2. The molecule has 2 aromatic rings. The van der Waals surface area contributed by atoms with Crippen LogP contribution >= 0.6 is 0 Å². The van der Waals surface area contributed by atoms with Crippen molar-refractivity contribution in [1.29, 1.82) is 0 Å². The molecule has 1 aromatic heterocycles. The lowest BCUT2D eigenvalue weighted by Crippen LogP contribution is -2.08. The minimum atomic E-state index is 0.402. The smallest absolute Gasteiger partial charge is 0.158 e. The topological polar surface area (TPSA) is 59.1 Å². The molecule has 1 aromatic carbocycles. The van der Waals surface area contributed by atoms with E-state index in [2.05, 4.69) is 32.7 Å². The quantitative estimate of drug-likeness (QED) is 0.811. The second kappa shape index (κ2) is 7.45. The Hall–Kier alpha value is -2.14. The molecule has 0 fully saturated rings. The largest absolute Gasteiger partial charge is 0.377 e. The number of nitrogens with zero attached hydrogens (tertiary/aromatic N) is 2. The van der Waals surface area contributed by atoms with Crippen LogP contribution in [0.2, 0.25) is 0 Å². The van der Waals surface area contributed by atoms with Crippen LogP contribution in [0.1, 0.15) is 18.3 Å². The van der Waals surface area contributed by atoms with E-state index >= 15 is 0 Å². The van der Waals surface area contributed by atoms with Crippen LogP contribution in [0, 0.1) is 0 Å². The van der Waals surface area contributed by atoms with Crippen LogP contribution in [0.3, 0.4) is 0 Å². The molecule has 0 saturated carbocycles. The van der Waals surface area contributed by atoms with E-state index < -0.39 is 0 Å². The molecule has 0 radical (unpaired) electrons. The molecular formula is C15H20N4O. The minimum absolute atomic E-state index is 0.402. The number of benzene rings is 1. The van der Waals surface area contributed by atoms with E-state index in [1.54, 1.807) is 7.11 Å². The predicted molar refractivity (Wildman–Crippen MR) is 80.7 cm³/mol. The van der Waals surface area contributed by atoms with Gasteiger partial charge in [0.1, 0.15) is 18.2 Å². The first-order valence-corrected chi connectivity index (χ1v) is 6.70. The number of anilines is 2. The number of rotatable bonds is 7. The molecule has 0 amide bonds. The summed E-state index contributed by atoms with van der Waals surface area (Å²) in [5.74, 6) is 2.28. The molecule has 2 N–H and O–H groups in total. The lowest BCUT2D eigenvalue weighted by molar-refractivity contribution is 0.178. The summed E-state index contributed by atoms with van der Waals surface area (Å²) in [6.45, 7) is 3.99. The maximum atomic E-state index is 5.10. The van der Waals surface area contributed by atoms with Gasteiger partial charge in [-0.3, -0.25) is 0 Å². The van der Waals surface area contributed by atoms with Crippen molar-refractivity contribution in [3.8, 4) is 0 Å². The van der Waals surface area contributed by atoms with E-state index in [0.29, 0.717) is 12.4 Å². The van der Waals surface area contributed by atoms with Gasteiger partial charge in [-0.1, -0.05) is 30.3 Å². The van der Waals surface area contributed by atoms with Gasteiger partial charge < -0.3 is 15.4 Å². The van der Waals surface area contributed by atoms with Crippen molar-refractivity contribution >= 4 is 11.6 Å². The zero-order chi connectivity index (χ0) is 14.2. The summed E-state index contributed by atoms with van der Waals surface area (Å²) in [6.07, 6.45) is 0. The Bertz CT molecular complexity index is 506. The Morgan fingerprint density at radius 3 is 2.40 bits per heavy atom. The number of hydrogen-bond donors (Lipinski definition) is 2. The van der Waals surface area contributed by atoms with Crippen molar-refractivity contribution in [2.45, 2.75) is 20.1 Å². The van der Waals surface area contributed by atoms with Gasteiger partial charge in [-0.25, -0.2) is 9.97 Å². The normalized spacial score (nSPS) is 10.3. The van der Waals surface area contributed by atoms with Crippen molar-refractivity contribution in [2.75, 3.05) is 24.3 Å². The molecular weight excluding hydrogens is 252 g/mol. The number of ether oxygens (including phenoxy) is 1. The first-order chi connectivity index (χ1) is 9.81. The minimum Gasteiger partial charge on any atom is -0.377 e. The third-order valence-electron chi connectivity index (χ3n) is 2.72. The summed E-state index contributed by atoms with van der Waals surface area (Å²) in [7, 11) is 1.64. The maximum Gasteiger partial charge on any atom is 0.158 e. The molecule has 0 atom stereocenters. The van der Waals surface area contributed by atoms with E-state index in [4.69, 9.17) is 4.74 Å². The van der Waals surface area contributed by atoms with Crippen LogP contribution in [0.4, 0.5) is 11.6 Å². The van der Waals surface area contributed by atoms with Crippen LogP contribution in [0.5, 0.6) is 0 Å². The van der Waals surface area contributed by atoms with Crippen LogP contribution in [0.15, 0.2) is 36.4 Å². The number of hydrogen-bond acceptors (Lipinski definition) is 5. The summed E-state index contributed by atoms with van der Waals surface area (Å²) in [6, 6.07) is 12.1. The van der Waals surface area contributed by atoms with Gasteiger partial charge in [0.05, 0.1) is 0 Å². The molecule has 106 valence electrons. The summed E-state index contributed by atoms with van der Waals surface area (Å²) >= 11 is 0. The molecule has 0 aliphatic carbocycles. The Morgan fingerprint density at radius 2 is 1.75 bits per heavy atom. The molecule has 0 aliphatic heterocycles. The molecule has 0 unspecified atom stereocenters. The predicted octanol–water partition coefficient (Wildman–Crippen LogP) is 2.67. The second-order valence-corrected chi connectivity index (χ2v) is 4.36. The SMILES string of the molecule is CCNc1cc(NCc2ccccc2)nc(COC)n1. The van der Waals surface area contributed by atoms with Gasteiger partial charge in [0.2, 0.25) is 0 Å². The number of nitrogens with one attached hydrogen (secondary N) is 2. The highest BCUT2D eigenvalue weighted by Gasteiger charge is 2.04. The van der Waals surface area contributed by atoms with E-state index in [1.165, 1.54) is 5.56 Å². The van der Waals surface area contributed by atoms with Crippen molar-refractivity contribution < 1.29 is 4.74 Å². The standard InChI is InChI=1S/C15H20N4O/c1-3-16-13-9-14(19-15(18-13)11-20-2)17-10-12-7-5-4-6-8-12/h4-9H,3,10-11H2,1-2H3,(H2,16,17,18,19). The van der Waals surface area contributed by atoms with E-state index in [-0.39, 0.29) is 0 Å². The maximum absolute atomic E-state index is 5.10. The zero-order valence-electron chi connectivity index (χ0n) is 11.9. The molecule has 0 aliphatic rings. The fourth-order valence-electron chi connectivity index (χ4n) is 1.84. The third-order valence-corrected chi connectivity index (χ3v) is 2.72. The molecule has 5 nitrogen and oxygen atoms in total. The lowest BCUT2D eigenvalue weighted by Gasteiger charge is -2.10. The van der Waals surface area contributed by atoms with Crippen molar-refractivity contribution in [3.05, 3.63) is 47.8 Å². The summed E-state index contributed by atoms with van der Waals surface area (Å²) in [5, 5.41) is 6.51. The summed E-state index contributed by atoms with van der Waals surface area (Å²) in [5.41, 5.74) is 1.21. The highest BCUT2D eigenvalue weighted by atomic mass is 16.5. The van der Waals surface area contributed by atoms with E-state index in [0.717, 1.165) is 24.7 Å². The fourth-order valence-corrected chi connectivity index (χ4v) is 1.84. The van der Waals surface area contributed by atoms with E-state index in [1.807, 2.05) is 31.2 Å². The molecule has 2 rings (SSSR count). The highest BCUT2D eigenvalue weighted by Crippen LogP contribution is 2.13. The second-order valence-electron chi connectivity index (χ2n) is 4.36. The average molecular weight is 272 g/mol. The van der Waals surface area contributed by atoms with Gasteiger partial charge in [-0.2, -0.15) is 0 Å². The monoisotopic (exact) mass is 272 g/mol. The molecule has 0 spiro atoms. The molecule has 1 heterocycles. The van der Waals surface area contributed by atoms with Gasteiger partial charge >= 0.3 is 0 Å².